The second-order valence-corrected chi connectivity index (χ2v) is 6.49. The van der Waals surface area contributed by atoms with Crippen LogP contribution < -0.4 is 0 Å². The molecule has 2 heterocycles. The largest absolute Gasteiger partial charge is 0.326 e. The fourth-order valence-electron chi connectivity index (χ4n) is 3.45. The van der Waals surface area contributed by atoms with E-state index in [9.17, 15) is 0 Å². The summed E-state index contributed by atoms with van der Waals surface area (Å²) in [6.45, 7) is 7.98. The second-order valence-electron chi connectivity index (χ2n) is 6.11. The molecule has 0 saturated carbocycles. The van der Waals surface area contributed by atoms with E-state index in [0.29, 0.717) is 11.9 Å². The maximum Gasteiger partial charge on any atom is 0.111 e. The number of fused-ring (bicyclic) bond motifs is 1. The van der Waals surface area contributed by atoms with Crippen molar-refractivity contribution in [2.45, 2.75) is 45.7 Å². The fourth-order valence-corrected chi connectivity index (χ4v) is 3.62. The molecule has 2 aromatic rings. The van der Waals surface area contributed by atoms with Gasteiger partial charge in [0.2, 0.25) is 0 Å². The fraction of sp³-hybridized carbons (Fsp3) is 0.588. The summed E-state index contributed by atoms with van der Waals surface area (Å²) in [5.41, 5.74) is 3.68. The summed E-state index contributed by atoms with van der Waals surface area (Å²) < 4.78 is 2.40. The van der Waals surface area contributed by atoms with E-state index in [1.165, 1.54) is 37.0 Å². The first-order valence-corrected chi connectivity index (χ1v) is 8.49. The van der Waals surface area contributed by atoms with E-state index < -0.39 is 0 Å². The Morgan fingerprint density at radius 3 is 2.76 bits per heavy atom. The normalized spacial score (nSPS) is 17.7. The second kappa shape index (κ2) is 6.37. The van der Waals surface area contributed by atoms with Gasteiger partial charge < -0.3 is 4.57 Å². The van der Waals surface area contributed by atoms with Crippen LogP contribution in [0.5, 0.6) is 0 Å². The van der Waals surface area contributed by atoms with Crippen molar-refractivity contribution >= 4 is 22.6 Å². The van der Waals surface area contributed by atoms with E-state index >= 15 is 0 Å². The highest BCUT2D eigenvalue weighted by atomic mass is 35.5. The van der Waals surface area contributed by atoms with Crippen LogP contribution in [0.3, 0.4) is 0 Å². The van der Waals surface area contributed by atoms with Gasteiger partial charge in [0, 0.05) is 24.9 Å². The smallest absolute Gasteiger partial charge is 0.111 e. The van der Waals surface area contributed by atoms with E-state index in [-0.39, 0.29) is 0 Å². The predicted octanol–water partition coefficient (Wildman–Crippen LogP) is 3.61. The van der Waals surface area contributed by atoms with Crippen LogP contribution >= 0.6 is 11.6 Å². The molecule has 1 aromatic heterocycles. The van der Waals surface area contributed by atoms with Gasteiger partial charge in [0.15, 0.2) is 0 Å². The number of hydrogen-bond donors (Lipinski definition) is 0. The highest BCUT2D eigenvalue weighted by Crippen LogP contribution is 2.23. The summed E-state index contributed by atoms with van der Waals surface area (Å²) in [4.78, 5) is 7.39. The summed E-state index contributed by atoms with van der Waals surface area (Å²) >= 11 is 5.98. The predicted molar refractivity (Wildman–Crippen MR) is 89.2 cm³/mol. The maximum atomic E-state index is 5.98. The lowest BCUT2D eigenvalue weighted by Gasteiger charge is -2.25. The van der Waals surface area contributed by atoms with Gasteiger partial charge in [-0.15, -0.1) is 11.6 Å². The molecule has 0 N–H and O–H groups in total. The molecular weight excluding hydrogens is 282 g/mol. The SMILES string of the molecule is Cc1cccc2nc(CCCl)n(CC(C)N3CCCC3)c12. The zero-order chi connectivity index (χ0) is 14.8. The molecule has 1 fully saturated rings. The Morgan fingerprint density at radius 1 is 1.29 bits per heavy atom. The van der Waals surface area contributed by atoms with Gasteiger partial charge in [-0.3, -0.25) is 4.90 Å². The van der Waals surface area contributed by atoms with Crippen molar-refractivity contribution in [1.82, 2.24) is 14.5 Å². The summed E-state index contributed by atoms with van der Waals surface area (Å²) in [6.07, 6.45) is 3.51. The molecule has 0 bridgehead atoms. The van der Waals surface area contributed by atoms with Crippen LogP contribution in [0.25, 0.3) is 11.0 Å². The lowest BCUT2D eigenvalue weighted by atomic mass is 10.2. The Hall–Kier alpha value is -1.06. The Morgan fingerprint density at radius 2 is 2.05 bits per heavy atom. The average molecular weight is 306 g/mol. The molecule has 0 spiro atoms. The number of aromatic nitrogens is 2. The number of benzene rings is 1. The third-order valence-corrected chi connectivity index (χ3v) is 4.77. The Kier molecular flexibility index (Phi) is 4.51. The molecule has 21 heavy (non-hydrogen) atoms. The van der Waals surface area contributed by atoms with Crippen LogP contribution in [-0.2, 0) is 13.0 Å². The summed E-state index contributed by atoms with van der Waals surface area (Å²) in [5.74, 6) is 1.75. The Balaban J connectivity index is 1.96. The van der Waals surface area contributed by atoms with Crippen molar-refractivity contribution in [2.24, 2.45) is 0 Å². The number of halogens is 1. The molecule has 0 amide bonds. The van der Waals surface area contributed by atoms with Crippen molar-refractivity contribution in [3.63, 3.8) is 0 Å². The van der Waals surface area contributed by atoms with Gasteiger partial charge in [0.25, 0.3) is 0 Å². The highest BCUT2D eigenvalue weighted by molar-refractivity contribution is 6.17. The standard InChI is InChI=1S/C17H24ClN3/c1-13-6-5-7-15-17(13)21(16(19-15)8-9-18)12-14(2)20-10-3-4-11-20/h5-7,14H,3-4,8-12H2,1-2H3. The molecule has 0 radical (unpaired) electrons. The van der Waals surface area contributed by atoms with Gasteiger partial charge >= 0.3 is 0 Å². The number of rotatable bonds is 5. The van der Waals surface area contributed by atoms with Crippen LogP contribution in [0.1, 0.15) is 31.2 Å². The first kappa shape index (κ1) is 14.9. The zero-order valence-corrected chi connectivity index (χ0v) is 13.7. The molecule has 1 aliphatic rings. The molecule has 1 aromatic carbocycles. The van der Waals surface area contributed by atoms with Crippen molar-refractivity contribution in [3.8, 4) is 0 Å². The first-order chi connectivity index (χ1) is 10.2. The van der Waals surface area contributed by atoms with Crippen LogP contribution in [-0.4, -0.2) is 39.5 Å². The van der Waals surface area contributed by atoms with Gasteiger partial charge in [-0.25, -0.2) is 4.98 Å². The van der Waals surface area contributed by atoms with Gasteiger partial charge in [-0.05, 0) is 51.4 Å². The molecule has 1 saturated heterocycles. The minimum absolute atomic E-state index is 0.554. The van der Waals surface area contributed by atoms with Crippen LogP contribution in [0.2, 0.25) is 0 Å². The first-order valence-electron chi connectivity index (χ1n) is 7.95. The molecule has 114 valence electrons. The van der Waals surface area contributed by atoms with Crippen molar-refractivity contribution in [2.75, 3.05) is 19.0 Å². The van der Waals surface area contributed by atoms with Crippen LogP contribution in [0.4, 0.5) is 0 Å². The van der Waals surface area contributed by atoms with Crippen molar-refractivity contribution < 1.29 is 0 Å². The van der Waals surface area contributed by atoms with E-state index in [0.717, 1.165) is 24.3 Å². The van der Waals surface area contributed by atoms with Crippen LogP contribution in [0.15, 0.2) is 18.2 Å². The molecule has 3 nitrogen and oxygen atoms in total. The maximum absolute atomic E-state index is 5.98. The highest BCUT2D eigenvalue weighted by Gasteiger charge is 2.21. The van der Waals surface area contributed by atoms with Crippen molar-refractivity contribution in [3.05, 3.63) is 29.6 Å². The molecule has 0 aliphatic carbocycles. The lowest BCUT2D eigenvalue weighted by Crippen LogP contribution is -2.34. The van der Waals surface area contributed by atoms with Crippen LogP contribution in [0, 0.1) is 6.92 Å². The minimum Gasteiger partial charge on any atom is -0.326 e. The quantitative estimate of drug-likeness (QED) is 0.787. The number of para-hydroxylation sites is 1. The molecule has 3 rings (SSSR count). The number of likely N-dealkylation sites (tertiary alicyclic amines) is 1. The molecule has 1 aliphatic heterocycles. The number of aryl methyl sites for hydroxylation is 2. The third-order valence-electron chi connectivity index (χ3n) is 4.58. The lowest BCUT2D eigenvalue weighted by molar-refractivity contribution is 0.236. The number of imidazole rings is 1. The van der Waals surface area contributed by atoms with E-state index in [1.807, 2.05) is 0 Å². The van der Waals surface area contributed by atoms with Gasteiger partial charge in [-0.1, -0.05) is 12.1 Å². The van der Waals surface area contributed by atoms with Gasteiger partial charge in [0.05, 0.1) is 11.0 Å². The minimum atomic E-state index is 0.554. The summed E-state index contributed by atoms with van der Waals surface area (Å²) in [6, 6.07) is 6.92. The molecular formula is C17H24ClN3. The summed E-state index contributed by atoms with van der Waals surface area (Å²) in [5, 5.41) is 0. The summed E-state index contributed by atoms with van der Waals surface area (Å²) in [7, 11) is 0. The number of hydrogen-bond acceptors (Lipinski definition) is 2. The Bertz CT molecular complexity index is 614. The molecule has 1 unspecified atom stereocenters. The Labute approximate surface area is 131 Å². The van der Waals surface area contributed by atoms with E-state index in [1.54, 1.807) is 0 Å². The molecule has 4 heteroatoms. The third kappa shape index (κ3) is 2.95. The number of alkyl halides is 1. The topological polar surface area (TPSA) is 21.1 Å². The molecule has 1 atom stereocenters. The van der Waals surface area contributed by atoms with Gasteiger partial charge in [0.1, 0.15) is 5.82 Å². The van der Waals surface area contributed by atoms with E-state index in [4.69, 9.17) is 16.6 Å². The number of nitrogens with zero attached hydrogens (tertiary/aromatic N) is 3. The van der Waals surface area contributed by atoms with E-state index in [2.05, 4.69) is 41.5 Å². The average Bonchev–Trinajstić information content (AvgIpc) is 3.09. The zero-order valence-electron chi connectivity index (χ0n) is 13.0. The van der Waals surface area contributed by atoms with Gasteiger partial charge in [-0.2, -0.15) is 0 Å². The van der Waals surface area contributed by atoms with Crippen molar-refractivity contribution in [1.29, 1.82) is 0 Å². The monoisotopic (exact) mass is 305 g/mol.